The highest BCUT2D eigenvalue weighted by molar-refractivity contribution is 6.80. The van der Waals surface area contributed by atoms with Crippen LogP contribution >= 0.6 is 58.0 Å². The van der Waals surface area contributed by atoms with E-state index >= 15 is 0 Å². The lowest BCUT2D eigenvalue weighted by molar-refractivity contribution is -0.123. The van der Waals surface area contributed by atoms with E-state index in [1.165, 1.54) is 0 Å². The summed E-state index contributed by atoms with van der Waals surface area (Å²) >= 11 is 27.4. The summed E-state index contributed by atoms with van der Waals surface area (Å²) < 4.78 is 0.537. The molecule has 2 nitrogen and oxygen atoms in total. The van der Waals surface area contributed by atoms with Crippen molar-refractivity contribution in [3.63, 3.8) is 0 Å². The van der Waals surface area contributed by atoms with Gasteiger partial charge in [-0.2, -0.15) is 0 Å². The van der Waals surface area contributed by atoms with E-state index in [4.69, 9.17) is 62.7 Å². The molecule has 0 fully saturated rings. The molecule has 0 atom stereocenters. The Bertz CT molecular complexity index is 371. The van der Waals surface area contributed by atoms with Crippen molar-refractivity contribution in [2.75, 3.05) is 0 Å². The van der Waals surface area contributed by atoms with Crippen molar-refractivity contribution in [2.24, 2.45) is 0 Å². The van der Waals surface area contributed by atoms with Crippen molar-refractivity contribution in [1.29, 1.82) is 0 Å². The van der Waals surface area contributed by atoms with Gasteiger partial charge in [-0.1, -0.05) is 53.0 Å². The fraction of sp³-hybridized carbons (Fsp3) is 0.222. The van der Waals surface area contributed by atoms with Crippen molar-refractivity contribution < 1.29 is 9.53 Å². The van der Waals surface area contributed by atoms with E-state index in [2.05, 4.69) is 0 Å². The number of benzene rings is 1. The first-order chi connectivity index (χ1) is 7.23. The van der Waals surface area contributed by atoms with Crippen LogP contribution in [0.15, 0.2) is 30.3 Å². The molecule has 88 valence electrons. The van der Waals surface area contributed by atoms with E-state index in [0.29, 0.717) is 0 Å². The normalized spacial score (nSPS) is 12.3. The molecule has 1 aromatic rings. The average molecular weight is 322 g/mol. The highest BCUT2D eigenvalue weighted by Gasteiger charge is 2.48. The molecule has 0 spiro atoms. The first-order valence-corrected chi connectivity index (χ1v) is 5.86. The van der Waals surface area contributed by atoms with Gasteiger partial charge >= 0.3 is 4.52 Å². The summed E-state index contributed by atoms with van der Waals surface area (Å²) in [6.07, 6.45) is 0. The maximum atomic E-state index is 11.5. The van der Waals surface area contributed by atoms with E-state index in [9.17, 15) is 4.79 Å². The van der Waals surface area contributed by atoms with Gasteiger partial charge in [0.15, 0.2) is 0 Å². The lowest BCUT2D eigenvalue weighted by Gasteiger charge is -2.23. The zero-order chi connectivity index (χ0) is 12.4. The third-order valence-electron chi connectivity index (χ3n) is 1.51. The topological polar surface area (TPSA) is 26.3 Å². The largest absolute Gasteiger partial charge is 0.451 e. The number of carbonyl (C=O) groups excluding carboxylic acids is 1. The van der Waals surface area contributed by atoms with E-state index in [-0.39, 0.29) is 5.75 Å². The van der Waals surface area contributed by atoms with Crippen LogP contribution < -0.4 is 4.74 Å². The number of hydrogen-bond donors (Lipinski definition) is 0. The second-order valence-corrected chi connectivity index (χ2v) is 6.30. The highest BCUT2D eigenvalue weighted by Crippen LogP contribution is 2.38. The molecular formula is C9H5Cl5O2. The lowest BCUT2D eigenvalue weighted by atomic mass is 10.3. The molecule has 0 bridgehead atoms. The van der Waals surface area contributed by atoms with E-state index in [1.54, 1.807) is 30.3 Å². The van der Waals surface area contributed by atoms with Gasteiger partial charge in [-0.05, 0) is 35.3 Å². The van der Waals surface area contributed by atoms with Crippen molar-refractivity contribution >= 4 is 63.8 Å². The average Bonchev–Trinajstić information content (AvgIpc) is 2.16. The van der Waals surface area contributed by atoms with Gasteiger partial charge in [-0.3, -0.25) is 4.79 Å². The molecule has 0 aromatic heterocycles. The minimum Gasteiger partial charge on any atom is -0.451 e. The Morgan fingerprint density at radius 1 is 1.00 bits per heavy atom. The number of carbonyl (C=O) groups is 1. The number of ether oxygens (including phenoxy) is 1. The number of Topliss-reactive ketones (excluding diaryl/α,β-unsaturated/α-hetero) is 1. The van der Waals surface area contributed by atoms with Crippen LogP contribution in [-0.4, -0.2) is 14.1 Å². The maximum Gasteiger partial charge on any atom is 0.322 e. The number of alkyl halides is 5. The van der Waals surface area contributed by atoms with Gasteiger partial charge in [0.25, 0.3) is 9.58 Å². The number of para-hydroxylation sites is 1. The number of halogens is 5. The van der Waals surface area contributed by atoms with Gasteiger partial charge in [0.2, 0.25) is 0 Å². The van der Waals surface area contributed by atoms with Crippen LogP contribution in [0.2, 0.25) is 0 Å². The van der Waals surface area contributed by atoms with Gasteiger partial charge < -0.3 is 4.74 Å². The Kier molecular flexibility index (Phi) is 4.61. The number of rotatable bonds is 3. The third kappa shape index (κ3) is 3.86. The zero-order valence-electron chi connectivity index (χ0n) is 7.59. The SMILES string of the molecule is O=C(C(Cl)(Cl)Cl)C(Cl)(Cl)Oc1ccccc1. The Morgan fingerprint density at radius 2 is 1.50 bits per heavy atom. The van der Waals surface area contributed by atoms with E-state index in [0.717, 1.165) is 0 Å². The third-order valence-corrected chi connectivity index (χ3v) is 2.52. The molecule has 0 radical (unpaired) electrons. The summed E-state index contributed by atoms with van der Waals surface area (Å²) in [7, 11) is 0. The summed E-state index contributed by atoms with van der Waals surface area (Å²) in [5, 5.41) is 0. The maximum absolute atomic E-state index is 11.5. The van der Waals surface area contributed by atoms with Gasteiger partial charge in [0, 0.05) is 0 Å². The quantitative estimate of drug-likeness (QED) is 0.782. The number of hydrogen-bond acceptors (Lipinski definition) is 2. The molecule has 0 N–H and O–H groups in total. The zero-order valence-corrected chi connectivity index (χ0v) is 11.4. The molecule has 0 saturated carbocycles. The van der Waals surface area contributed by atoms with E-state index in [1.807, 2.05) is 0 Å². The number of ketones is 1. The Morgan fingerprint density at radius 3 is 1.94 bits per heavy atom. The predicted octanol–water partition coefficient (Wildman–Crippen LogP) is 4.14. The van der Waals surface area contributed by atoms with Crippen LogP contribution in [0.4, 0.5) is 0 Å². The second-order valence-electron chi connectivity index (χ2n) is 2.76. The summed E-state index contributed by atoms with van der Waals surface area (Å²) in [6.45, 7) is 0. The molecule has 0 saturated heterocycles. The summed E-state index contributed by atoms with van der Waals surface area (Å²) in [5.41, 5.74) is 0. The molecular weight excluding hydrogens is 317 g/mol. The van der Waals surface area contributed by atoms with Crippen LogP contribution in [0, 0.1) is 0 Å². The van der Waals surface area contributed by atoms with Gasteiger partial charge in [0.1, 0.15) is 5.75 Å². The minimum atomic E-state index is -2.24. The molecule has 0 heterocycles. The van der Waals surface area contributed by atoms with Crippen molar-refractivity contribution in [3.05, 3.63) is 30.3 Å². The van der Waals surface area contributed by atoms with Gasteiger partial charge in [0.05, 0.1) is 0 Å². The Labute approximate surface area is 117 Å². The molecule has 0 aliphatic heterocycles. The van der Waals surface area contributed by atoms with Gasteiger partial charge in [-0.25, -0.2) is 0 Å². The van der Waals surface area contributed by atoms with E-state index < -0.39 is 14.1 Å². The smallest absolute Gasteiger partial charge is 0.322 e. The first kappa shape index (κ1) is 14.2. The molecule has 0 aliphatic rings. The minimum absolute atomic E-state index is 0.287. The molecule has 0 unspecified atom stereocenters. The van der Waals surface area contributed by atoms with Gasteiger partial charge in [-0.15, -0.1) is 0 Å². The monoisotopic (exact) mass is 320 g/mol. The second kappa shape index (κ2) is 5.19. The highest BCUT2D eigenvalue weighted by atomic mass is 35.6. The Balaban J connectivity index is 2.84. The lowest BCUT2D eigenvalue weighted by Crippen LogP contribution is -2.40. The molecule has 1 aromatic carbocycles. The molecule has 0 aliphatic carbocycles. The van der Waals surface area contributed by atoms with Crippen molar-refractivity contribution in [1.82, 2.24) is 0 Å². The first-order valence-electron chi connectivity index (χ1n) is 3.97. The predicted molar refractivity (Wildman–Crippen MR) is 66.8 cm³/mol. The summed E-state index contributed by atoms with van der Waals surface area (Å²) in [4.78, 5) is 11.5. The van der Waals surface area contributed by atoms with Crippen LogP contribution in [-0.2, 0) is 4.79 Å². The molecule has 1 rings (SSSR count). The van der Waals surface area contributed by atoms with Crippen LogP contribution in [0.5, 0.6) is 5.75 Å². The summed E-state index contributed by atoms with van der Waals surface area (Å²) in [6, 6.07) is 8.24. The molecule has 7 heteroatoms. The fourth-order valence-electron chi connectivity index (χ4n) is 0.848. The van der Waals surface area contributed by atoms with Crippen LogP contribution in [0.25, 0.3) is 0 Å². The van der Waals surface area contributed by atoms with Crippen LogP contribution in [0.1, 0.15) is 0 Å². The van der Waals surface area contributed by atoms with Crippen molar-refractivity contribution in [2.45, 2.75) is 8.31 Å². The van der Waals surface area contributed by atoms with Crippen molar-refractivity contribution in [3.8, 4) is 5.75 Å². The molecule has 0 amide bonds. The standard InChI is InChI=1S/C9H5Cl5O2/c10-8(11,12)7(15)9(13,14)16-6-4-2-1-3-5-6/h1-5H. The van der Waals surface area contributed by atoms with Crippen LogP contribution in [0.3, 0.4) is 0 Å². The fourth-order valence-corrected chi connectivity index (χ4v) is 2.00. The molecule has 16 heavy (non-hydrogen) atoms. The Hall–Kier alpha value is 0.140. The summed E-state index contributed by atoms with van der Waals surface area (Å²) in [5.74, 6) is -0.785.